The highest BCUT2D eigenvalue weighted by Crippen LogP contribution is 2.37. The number of aliphatic hydroxyl groups excluding tert-OH is 6. The summed E-state index contributed by atoms with van der Waals surface area (Å²) in [6.07, 6.45) is -15.8. The van der Waals surface area contributed by atoms with Crippen LogP contribution < -0.4 is 0 Å². The molecule has 0 saturated carbocycles. The van der Waals surface area contributed by atoms with Gasteiger partial charge in [0.05, 0.1) is 79.3 Å². The molecule has 0 spiro atoms. The third kappa shape index (κ3) is 16.6. The Morgan fingerprint density at radius 3 is 0.928 bits per heavy atom. The van der Waals surface area contributed by atoms with Gasteiger partial charge in [-0.1, -0.05) is 48.6 Å². The van der Waals surface area contributed by atoms with E-state index in [1.807, 2.05) is 0 Å². The van der Waals surface area contributed by atoms with E-state index in [1.165, 1.54) is 48.6 Å². The van der Waals surface area contributed by atoms with Crippen molar-refractivity contribution >= 4 is 0 Å². The molecule has 0 bridgehead atoms. The van der Waals surface area contributed by atoms with Gasteiger partial charge in [0, 0.05) is 0 Å². The molecule has 4 fully saturated rings. The van der Waals surface area contributed by atoms with Gasteiger partial charge in [0.1, 0.15) is 97.7 Å². The first-order valence-corrected chi connectivity index (χ1v) is 22.8. The van der Waals surface area contributed by atoms with Gasteiger partial charge in [-0.15, -0.1) is 52.6 Å². The maximum absolute atomic E-state index is 12.2. The van der Waals surface area contributed by atoms with Crippen LogP contribution in [0.2, 0.25) is 0 Å². The minimum absolute atomic E-state index is 0.0266. The van der Waals surface area contributed by atoms with Crippen LogP contribution in [0.1, 0.15) is 0 Å². The van der Waals surface area contributed by atoms with Crippen molar-refractivity contribution in [3.05, 3.63) is 101 Å². The van der Waals surface area contributed by atoms with Crippen molar-refractivity contribution in [1.29, 1.82) is 0 Å². The molecule has 69 heavy (non-hydrogen) atoms. The van der Waals surface area contributed by atoms with Crippen LogP contribution in [-0.2, 0) is 71.1 Å². The summed E-state index contributed by atoms with van der Waals surface area (Å²) in [5.41, 5.74) is 0. The van der Waals surface area contributed by atoms with E-state index in [0.29, 0.717) is 0 Å². The Morgan fingerprint density at radius 2 is 0.580 bits per heavy atom. The van der Waals surface area contributed by atoms with Crippen molar-refractivity contribution in [2.75, 3.05) is 79.3 Å². The van der Waals surface area contributed by atoms with Gasteiger partial charge in [-0.05, 0) is 0 Å². The van der Waals surface area contributed by atoms with Crippen LogP contribution in [0.4, 0.5) is 0 Å². The molecule has 0 aromatic heterocycles. The molecule has 4 aliphatic rings. The standard InChI is InChI=1S/C48H74O21/c1-9-17-55-25-29-33(49)41(59-21-13-5)35(51)46(64-29)68-39-31(27-57-19-11-3)66-48(37(53)43(39)61-23-15-7)69-40-32(28-58-20-12-4)65-47(36(52)44(40)62-24-16-8)67-38-30(26-56-18-10-2)63-45(54)34(50)42(38)60-22-14-6/h9-16,29-54H,1-8,17-28H2/t29-,30-,31-,32-,33+,34-,35-,36-,37-,38+,39+,40+,41+,42-,43-,44-,45-,46+,47+,48+/m1/s1. The Bertz CT molecular complexity index is 1550. The molecular formula is C48H74O21. The van der Waals surface area contributed by atoms with Crippen LogP contribution in [0.5, 0.6) is 0 Å². The van der Waals surface area contributed by atoms with E-state index in [9.17, 15) is 30.6 Å². The zero-order valence-corrected chi connectivity index (χ0v) is 39.1. The lowest BCUT2D eigenvalue weighted by Crippen LogP contribution is -2.68. The molecule has 0 aromatic rings. The second-order valence-corrected chi connectivity index (χ2v) is 16.1. The molecule has 0 aliphatic carbocycles. The van der Waals surface area contributed by atoms with Gasteiger partial charge in [-0.25, -0.2) is 0 Å². The van der Waals surface area contributed by atoms with Crippen molar-refractivity contribution in [3.63, 3.8) is 0 Å². The third-order valence-electron chi connectivity index (χ3n) is 11.1. The lowest BCUT2D eigenvalue weighted by Gasteiger charge is -2.50. The minimum atomic E-state index is -1.69. The lowest BCUT2D eigenvalue weighted by atomic mass is 9.95. The molecule has 21 heteroatoms. The van der Waals surface area contributed by atoms with E-state index in [1.54, 1.807) is 0 Å². The zero-order chi connectivity index (χ0) is 50.3. The molecule has 4 heterocycles. The first kappa shape index (κ1) is 58.6. The zero-order valence-electron chi connectivity index (χ0n) is 39.1. The molecule has 0 radical (unpaired) electrons. The summed E-state index contributed by atoms with van der Waals surface area (Å²) in [6, 6.07) is 0. The number of hydrogen-bond acceptors (Lipinski definition) is 21. The molecule has 392 valence electrons. The van der Waals surface area contributed by atoms with Crippen molar-refractivity contribution in [1.82, 2.24) is 0 Å². The Labute approximate surface area is 404 Å². The minimum Gasteiger partial charge on any atom is -0.387 e. The van der Waals surface area contributed by atoms with Gasteiger partial charge in [-0.2, -0.15) is 0 Å². The number of aliphatic hydroxyl groups is 6. The first-order chi connectivity index (χ1) is 33.4. The summed E-state index contributed by atoms with van der Waals surface area (Å²) in [5, 5.41) is 68.8. The molecule has 20 atom stereocenters. The fourth-order valence-corrected chi connectivity index (χ4v) is 7.99. The molecule has 6 N–H and O–H groups in total. The first-order valence-electron chi connectivity index (χ1n) is 22.8. The summed E-state index contributed by atoms with van der Waals surface area (Å²) in [5.74, 6) is 0. The topological polar surface area (TPSA) is 260 Å². The molecule has 21 nitrogen and oxygen atoms in total. The monoisotopic (exact) mass is 986 g/mol. The van der Waals surface area contributed by atoms with Gasteiger partial charge < -0.3 is 102 Å². The van der Waals surface area contributed by atoms with E-state index in [0.717, 1.165) is 0 Å². The quantitative estimate of drug-likeness (QED) is 0.0364. The number of hydrogen-bond donors (Lipinski definition) is 6. The van der Waals surface area contributed by atoms with Crippen LogP contribution in [0.15, 0.2) is 101 Å². The van der Waals surface area contributed by atoms with Crippen molar-refractivity contribution in [3.8, 4) is 0 Å². The largest absolute Gasteiger partial charge is 0.387 e. The Hall–Kier alpha value is -2.92. The highest BCUT2D eigenvalue weighted by atomic mass is 16.8. The summed E-state index contributed by atoms with van der Waals surface area (Å²) in [4.78, 5) is 0. The SMILES string of the molecule is C=CCOC[C@H]1O[C@@H](O[C@@H]2[C@H](OCC=C)[C@@H](O)[C@H](O[C@@H]3[C@H](OCC=C)[C@@H](O)[C@H](O[C@@H]4[C@H](OCC=C)[C@@H](O)[C@H](O)O[C@@H]4COCC=C)O[C@@H]3COCC=C)O[C@@H]2COCC=C)[C@H](O)[C@@H](OCC=C)[C@H]1O. The van der Waals surface area contributed by atoms with Crippen LogP contribution in [0.3, 0.4) is 0 Å². The molecular weight excluding hydrogens is 913 g/mol. The fourth-order valence-electron chi connectivity index (χ4n) is 7.99. The predicted octanol–water partition coefficient (Wildman–Crippen LogP) is -0.0664. The molecule has 0 aromatic carbocycles. The Morgan fingerprint density at radius 1 is 0.304 bits per heavy atom. The lowest BCUT2D eigenvalue weighted by molar-refractivity contribution is -0.392. The number of rotatable bonds is 34. The van der Waals surface area contributed by atoms with Crippen LogP contribution in [0.25, 0.3) is 0 Å². The maximum atomic E-state index is 12.2. The summed E-state index contributed by atoms with van der Waals surface area (Å²) < 4.78 is 91.1. The maximum Gasteiger partial charge on any atom is 0.187 e. The van der Waals surface area contributed by atoms with Gasteiger partial charge in [0.15, 0.2) is 25.2 Å². The second kappa shape index (κ2) is 31.5. The number of ether oxygens (including phenoxy) is 15. The normalized spacial score (nSPS) is 38.1. The average molecular weight is 987 g/mol. The van der Waals surface area contributed by atoms with Gasteiger partial charge in [0.25, 0.3) is 0 Å². The summed E-state index contributed by atoms with van der Waals surface area (Å²) >= 11 is 0. The van der Waals surface area contributed by atoms with E-state index in [-0.39, 0.29) is 79.3 Å². The molecule has 4 rings (SSSR count). The van der Waals surface area contributed by atoms with Crippen molar-refractivity contribution in [2.24, 2.45) is 0 Å². The van der Waals surface area contributed by atoms with Crippen molar-refractivity contribution < 1.29 is 102 Å². The van der Waals surface area contributed by atoms with E-state index in [4.69, 9.17) is 71.1 Å². The smallest absolute Gasteiger partial charge is 0.187 e. The van der Waals surface area contributed by atoms with Gasteiger partial charge in [0.2, 0.25) is 0 Å². The van der Waals surface area contributed by atoms with Gasteiger partial charge >= 0.3 is 0 Å². The van der Waals surface area contributed by atoms with Gasteiger partial charge in [-0.3, -0.25) is 0 Å². The fraction of sp³-hybridized carbons (Fsp3) is 0.667. The predicted molar refractivity (Wildman–Crippen MR) is 245 cm³/mol. The summed E-state index contributed by atoms with van der Waals surface area (Å²) in [7, 11) is 0. The molecule has 0 amide bonds. The molecule has 0 unspecified atom stereocenters. The average Bonchev–Trinajstić information content (AvgIpc) is 3.33. The van der Waals surface area contributed by atoms with Crippen LogP contribution in [-0.4, -0.2) is 233 Å². The highest BCUT2D eigenvalue weighted by Gasteiger charge is 2.57. The van der Waals surface area contributed by atoms with E-state index < -0.39 is 123 Å². The third-order valence-corrected chi connectivity index (χ3v) is 11.1. The van der Waals surface area contributed by atoms with E-state index >= 15 is 0 Å². The molecule has 4 saturated heterocycles. The highest BCUT2D eigenvalue weighted by molar-refractivity contribution is 5.00. The Kier molecular flexibility index (Phi) is 26.8. The Balaban J connectivity index is 1.71. The van der Waals surface area contributed by atoms with E-state index in [2.05, 4.69) is 52.6 Å². The summed E-state index contributed by atoms with van der Waals surface area (Å²) in [6.45, 7) is 29.0. The van der Waals surface area contributed by atoms with Crippen LogP contribution >= 0.6 is 0 Å². The van der Waals surface area contributed by atoms with Crippen molar-refractivity contribution in [2.45, 2.75) is 123 Å². The molecule has 4 aliphatic heterocycles. The van der Waals surface area contributed by atoms with Crippen LogP contribution in [0, 0.1) is 0 Å². The second-order valence-electron chi connectivity index (χ2n) is 16.1.